The van der Waals surface area contributed by atoms with Gasteiger partial charge in [-0.3, -0.25) is 4.79 Å². The van der Waals surface area contributed by atoms with E-state index in [1.165, 1.54) is 19.2 Å². The van der Waals surface area contributed by atoms with Crippen molar-refractivity contribution < 1.29 is 9.18 Å². The van der Waals surface area contributed by atoms with Crippen molar-refractivity contribution in [2.45, 2.75) is 6.92 Å². The first kappa shape index (κ1) is 8.71. The van der Waals surface area contributed by atoms with Crippen molar-refractivity contribution in [3.63, 3.8) is 0 Å². The van der Waals surface area contributed by atoms with Gasteiger partial charge in [0.05, 0.1) is 0 Å². The van der Waals surface area contributed by atoms with Crippen LogP contribution >= 0.6 is 0 Å². The Morgan fingerprint density at radius 1 is 1.50 bits per heavy atom. The van der Waals surface area contributed by atoms with Crippen LogP contribution in [0.3, 0.4) is 0 Å². The van der Waals surface area contributed by atoms with Crippen LogP contribution in [0.5, 0.6) is 0 Å². The number of nitrogens with one attached hydrogen (secondary N) is 1. The van der Waals surface area contributed by atoms with Crippen LogP contribution in [0.1, 0.15) is 15.9 Å². The largest absolute Gasteiger partial charge is 0.355 e. The average Bonchev–Trinajstić information content (AvgIpc) is 2.08. The maximum absolute atomic E-state index is 12.7. The van der Waals surface area contributed by atoms with Gasteiger partial charge in [-0.05, 0) is 24.6 Å². The van der Waals surface area contributed by atoms with E-state index in [-0.39, 0.29) is 11.7 Å². The van der Waals surface area contributed by atoms with E-state index in [1.54, 1.807) is 13.0 Å². The van der Waals surface area contributed by atoms with Crippen LogP contribution in [0.4, 0.5) is 4.39 Å². The summed E-state index contributed by atoms with van der Waals surface area (Å²) in [5.41, 5.74) is 1.16. The molecule has 2 nitrogen and oxygen atoms in total. The highest BCUT2D eigenvalue weighted by Crippen LogP contribution is 2.09. The highest BCUT2D eigenvalue weighted by molar-refractivity contribution is 5.95. The molecule has 0 unspecified atom stereocenters. The van der Waals surface area contributed by atoms with Crippen molar-refractivity contribution in [1.82, 2.24) is 5.32 Å². The van der Waals surface area contributed by atoms with E-state index in [9.17, 15) is 9.18 Å². The van der Waals surface area contributed by atoms with Gasteiger partial charge in [0.2, 0.25) is 0 Å². The molecule has 0 saturated heterocycles. The summed E-state index contributed by atoms with van der Waals surface area (Å²) in [6.45, 7) is 1.77. The standard InChI is InChI=1S/C9H10FNO/c1-6-3-4-7(10)5-8(6)9(12)11-2/h3-5H,1-2H3,(H,11,12). The Hall–Kier alpha value is -1.38. The minimum atomic E-state index is -0.390. The molecule has 0 aliphatic heterocycles. The van der Waals surface area contributed by atoms with Crippen molar-refractivity contribution in [3.8, 4) is 0 Å². The third kappa shape index (κ3) is 1.61. The molecule has 64 valence electrons. The first-order valence-electron chi connectivity index (χ1n) is 3.63. The molecule has 0 aliphatic carbocycles. The second kappa shape index (κ2) is 3.34. The summed E-state index contributed by atoms with van der Waals surface area (Å²) in [7, 11) is 1.52. The predicted octanol–water partition coefficient (Wildman–Crippen LogP) is 1.49. The number of rotatable bonds is 1. The lowest BCUT2D eigenvalue weighted by Gasteiger charge is -2.03. The van der Waals surface area contributed by atoms with Crippen molar-refractivity contribution in [3.05, 3.63) is 35.1 Å². The summed E-state index contributed by atoms with van der Waals surface area (Å²) in [5, 5.41) is 2.44. The number of carbonyl (C=O) groups excluding carboxylic acids is 1. The second-order valence-electron chi connectivity index (χ2n) is 2.54. The number of hydrogen-bond donors (Lipinski definition) is 1. The predicted molar refractivity (Wildman–Crippen MR) is 44.5 cm³/mol. The molecule has 0 radical (unpaired) electrons. The van der Waals surface area contributed by atoms with E-state index in [0.717, 1.165) is 5.56 Å². The zero-order valence-corrected chi connectivity index (χ0v) is 7.02. The molecule has 0 heterocycles. The Morgan fingerprint density at radius 3 is 2.75 bits per heavy atom. The van der Waals surface area contributed by atoms with Gasteiger partial charge in [-0.2, -0.15) is 0 Å². The van der Waals surface area contributed by atoms with Crippen LogP contribution in [0.2, 0.25) is 0 Å². The van der Waals surface area contributed by atoms with Gasteiger partial charge in [0, 0.05) is 12.6 Å². The van der Waals surface area contributed by atoms with Gasteiger partial charge in [0.15, 0.2) is 0 Å². The fourth-order valence-corrected chi connectivity index (χ4v) is 0.974. The monoisotopic (exact) mass is 167 g/mol. The van der Waals surface area contributed by atoms with E-state index >= 15 is 0 Å². The zero-order valence-electron chi connectivity index (χ0n) is 7.02. The van der Waals surface area contributed by atoms with Gasteiger partial charge < -0.3 is 5.32 Å². The van der Waals surface area contributed by atoms with Crippen LogP contribution < -0.4 is 5.32 Å². The van der Waals surface area contributed by atoms with Crippen LogP contribution in [0, 0.1) is 12.7 Å². The molecule has 3 heteroatoms. The maximum atomic E-state index is 12.7. The van der Waals surface area contributed by atoms with E-state index < -0.39 is 0 Å². The number of halogens is 1. The minimum absolute atomic E-state index is 0.257. The molecule has 0 aliphatic rings. The lowest BCUT2D eigenvalue weighted by atomic mass is 10.1. The lowest BCUT2D eigenvalue weighted by molar-refractivity contribution is 0.0962. The molecule has 0 fully saturated rings. The van der Waals surface area contributed by atoms with Crippen molar-refractivity contribution in [1.29, 1.82) is 0 Å². The van der Waals surface area contributed by atoms with Crippen molar-refractivity contribution in [2.75, 3.05) is 7.05 Å². The van der Waals surface area contributed by atoms with Crippen LogP contribution in [0.25, 0.3) is 0 Å². The number of aryl methyl sites for hydroxylation is 1. The Morgan fingerprint density at radius 2 is 2.17 bits per heavy atom. The molecule has 1 aromatic rings. The molecule has 0 bridgehead atoms. The average molecular weight is 167 g/mol. The van der Waals surface area contributed by atoms with Crippen LogP contribution in [-0.2, 0) is 0 Å². The summed E-state index contributed by atoms with van der Waals surface area (Å²) >= 11 is 0. The van der Waals surface area contributed by atoms with Gasteiger partial charge in [-0.1, -0.05) is 6.07 Å². The minimum Gasteiger partial charge on any atom is -0.355 e. The summed E-state index contributed by atoms with van der Waals surface area (Å²) in [4.78, 5) is 11.1. The smallest absolute Gasteiger partial charge is 0.251 e. The normalized spacial score (nSPS) is 9.58. The first-order chi connectivity index (χ1) is 5.65. The SMILES string of the molecule is CNC(=O)c1cc(F)ccc1C. The molecule has 12 heavy (non-hydrogen) atoms. The highest BCUT2D eigenvalue weighted by Gasteiger charge is 2.06. The van der Waals surface area contributed by atoms with Crippen molar-refractivity contribution in [2.24, 2.45) is 0 Å². The van der Waals surface area contributed by atoms with Gasteiger partial charge in [0.1, 0.15) is 5.82 Å². The maximum Gasteiger partial charge on any atom is 0.251 e. The third-order valence-electron chi connectivity index (χ3n) is 1.67. The fourth-order valence-electron chi connectivity index (χ4n) is 0.974. The molecular formula is C9H10FNO. The van der Waals surface area contributed by atoms with Crippen LogP contribution in [0.15, 0.2) is 18.2 Å². The fraction of sp³-hybridized carbons (Fsp3) is 0.222. The Kier molecular flexibility index (Phi) is 2.43. The number of carbonyl (C=O) groups is 1. The molecular weight excluding hydrogens is 157 g/mol. The molecule has 1 rings (SSSR count). The van der Waals surface area contributed by atoms with Gasteiger partial charge >= 0.3 is 0 Å². The van der Waals surface area contributed by atoms with Crippen molar-refractivity contribution >= 4 is 5.91 Å². The molecule has 1 aromatic carbocycles. The Balaban J connectivity index is 3.13. The highest BCUT2D eigenvalue weighted by atomic mass is 19.1. The van der Waals surface area contributed by atoms with E-state index in [1.807, 2.05) is 0 Å². The summed E-state index contributed by atoms with van der Waals surface area (Å²) in [6.07, 6.45) is 0. The van der Waals surface area contributed by atoms with Gasteiger partial charge in [0.25, 0.3) is 5.91 Å². The second-order valence-corrected chi connectivity index (χ2v) is 2.54. The summed E-state index contributed by atoms with van der Waals surface area (Å²) in [6, 6.07) is 4.15. The Labute approximate surface area is 70.4 Å². The van der Waals surface area contributed by atoms with E-state index in [0.29, 0.717) is 5.56 Å². The van der Waals surface area contributed by atoms with E-state index in [2.05, 4.69) is 5.32 Å². The molecule has 0 atom stereocenters. The van der Waals surface area contributed by atoms with Gasteiger partial charge in [-0.25, -0.2) is 4.39 Å². The number of hydrogen-bond acceptors (Lipinski definition) is 1. The molecule has 1 amide bonds. The zero-order chi connectivity index (χ0) is 9.14. The Bertz CT molecular complexity index is 309. The topological polar surface area (TPSA) is 29.1 Å². The number of amides is 1. The molecule has 1 N–H and O–H groups in total. The quantitative estimate of drug-likeness (QED) is 0.674. The molecule has 0 spiro atoms. The van der Waals surface area contributed by atoms with Gasteiger partial charge in [-0.15, -0.1) is 0 Å². The summed E-state index contributed by atoms with van der Waals surface area (Å²) in [5.74, 6) is -0.647. The van der Waals surface area contributed by atoms with Crippen LogP contribution in [-0.4, -0.2) is 13.0 Å². The van der Waals surface area contributed by atoms with E-state index in [4.69, 9.17) is 0 Å². The number of benzene rings is 1. The lowest BCUT2D eigenvalue weighted by Crippen LogP contribution is -2.19. The molecule has 0 saturated carbocycles. The molecule has 0 aromatic heterocycles. The summed E-state index contributed by atoms with van der Waals surface area (Å²) < 4.78 is 12.7. The first-order valence-corrected chi connectivity index (χ1v) is 3.63. The third-order valence-corrected chi connectivity index (χ3v) is 1.67.